The van der Waals surface area contributed by atoms with E-state index in [1.54, 1.807) is 22.7 Å². The Hall–Kier alpha value is -1.85. The Morgan fingerprint density at radius 1 is 1.43 bits per heavy atom. The van der Waals surface area contributed by atoms with E-state index >= 15 is 0 Å². The number of rotatable bonds is 4. The number of aryl methyl sites for hydroxylation is 2. The molecular weight excluding hydrogens is 270 g/mol. The summed E-state index contributed by atoms with van der Waals surface area (Å²) >= 11 is 0. The van der Waals surface area contributed by atoms with Crippen molar-refractivity contribution in [3.63, 3.8) is 0 Å². The number of aromatic nitrogens is 2. The summed E-state index contributed by atoms with van der Waals surface area (Å²) in [4.78, 5) is 26.2. The van der Waals surface area contributed by atoms with Gasteiger partial charge in [0.2, 0.25) is 0 Å². The second kappa shape index (κ2) is 6.74. The number of esters is 1. The number of hydrogen-bond acceptors (Lipinski definition) is 4. The van der Waals surface area contributed by atoms with Crippen LogP contribution in [-0.4, -0.2) is 46.3 Å². The van der Waals surface area contributed by atoms with E-state index in [1.165, 1.54) is 0 Å². The predicted molar refractivity (Wildman–Crippen MR) is 77.8 cm³/mol. The third-order valence-electron chi connectivity index (χ3n) is 3.80. The van der Waals surface area contributed by atoms with Gasteiger partial charge in [0.1, 0.15) is 0 Å². The first-order valence-electron chi connectivity index (χ1n) is 7.55. The molecule has 1 fully saturated rings. The summed E-state index contributed by atoms with van der Waals surface area (Å²) in [5.74, 6) is -0.435. The van der Waals surface area contributed by atoms with Gasteiger partial charge in [-0.1, -0.05) is 6.92 Å². The van der Waals surface area contributed by atoms with Crippen molar-refractivity contribution in [2.24, 2.45) is 13.0 Å². The smallest absolute Gasteiger partial charge is 0.310 e. The lowest BCUT2D eigenvalue weighted by Gasteiger charge is -2.31. The Morgan fingerprint density at radius 2 is 2.19 bits per heavy atom. The first kappa shape index (κ1) is 15.5. The Kier molecular flexibility index (Phi) is 4.98. The van der Waals surface area contributed by atoms with Crippen LogP contribution in [0.5, 0.6) is 0 Å². The van der Waals surface area contributed by atoms with Crippen LogP contribution in [0, 0.1) is 5.92 Å². The van der Waals surface area contributed by atoms with E-state index in [0.29, 0.717) is 25.3 Å². The van der Waals surface area contributed by atoms with E-state index in [-0.39, 0.29) is 17.8 Å². The van der Waals surface area contributed by atoms with Gasteiger partial charge in [-0.25, -0.2) is 0 Å². The first-order valence-corrected chi connectivity index (χ1v) is 7.55. The molecule has 1 amide bonds. The lowest BCUT2D eigenvalue weighted by Crippen LogP contribution is -2.43. The van der Waals surface area contributed by atoms with E-state index < -0.39 is 0 Å². The third-order valence-corrected chi connectivity index (χ3v) is 3.80. The van der Waals surface area contributed by atoms with Crippen LogP contribution < -0.4 is 0 Å². The summed E-state index contributed by atoms with van der Waals surface area (Å²) in [7, 11) is 1.81. The lowest BCUT2D eigenvalue weighted by atomic mass is 9.97. The fourth-order valence-corrected chi connectivity index (χ4v) is 2.76. The second-order valence-electron chi connectivity index (χ2n) is 5.36. The molecule has 1 saturated heterocycles. The average Bonchev–Trinajstić information content (AvgIpc) is 2.88. The van der Waals surface area contributed by atoms with E-state index in [9.17, 15) is 9.59 Å². The maximum atomic E-state index is 12.6. The number of amides is 1. The molecule has 0 saturated carbocycles. The Labute approximate surface area is 125 Å². The molecule has 1 aromatic rings. The molecule has 1 atom stereocenters. The van der Waals surface area contributed by atoms with Crippen LogP contribution in [-0.2, 0) is 23.0 Å². The van der Waals surface area contributed by atoms with Gasteiger partial charge in [0, 0.05) is 26.3 Å². The zero-order chi connectivity index (χ0) is 15.4. The van der Waals surface area contributed by atoms with Gasteiger partial charge in [-0.3, -0.25) is 14.3 Å². The highest BCUT2D eigenvalue weighted by atomic mass is 16.5. The van der Waals surface area contributed by atoms with Gasteiger partial charge < -0.3 is 9.64 Å². The zero-order valence-electron chi connectivity index (χ0n) is 13.0. The van der Waals surface area contributed by atoms with Crippen molar-refractivity contribution in [3.8, 4) is 0 Å². The number of hydrogen-bond donors (Lipinski definition) is 0. The van der Waals surface area contributed by atoms with Gasteiger partial charge in [0.15, 0.2) is 0 Å². The van der Waals surface area contributed by atoms with Gasteiger partial charge in [0.05, 0.1) is 23.8 Å². The number of piperidine rings is 1. The van der Waals surface area contributed by atoms with Crippen LogP contribution in [0.15, 0.2) is 6.20 Å². The van der Waals surface area contributed by atoms with Crippen molar-refractivity contribution < 1.29 is 14.3 Å². The molecule has 21 heavy (non-hydrogen) atoms. The Morgan fingerprint density at radius 3 is 2.86 bits per heavy atom. The molecule has 2 rings (SSSR count). The molecule has 0 aromatic carbocycles. The molecule has 116 valence electrons. The molecule has 0 spiro atoms. The molecule has 0 radical (unpaired) electrons. The van der Waals surface area contributed by atoms with Crippen LogP contribution in [0.3, 0.4) is 0 Å². The summed E-state index contributed by atoms with van der Waals surface area (Å²) in [6.07, 6.45) is 4.10. The molecule has 0 bridgehead atoms. The highest BCUT2D eigenvalue weighted by molar-refractivity contribution is 5.95. The maximum Gasteiger partial charge on any atom is 0.310 e. The summed E-state index contributed by atoms with van der Waals surface area (Å²) in [5, 5.41) is 4.31. The maximum absolute atomic E-state index is 12.6. The van der Waals surface area contributed by atoms with Crippen LogP contribution in [0.4, 0.5) is 0 Å². The number of likely N-dealkylation sites (tertiary alicyclic amines) is 1. The van der Waals surface area contributed by atoms with E-state index in [1.807, 2.05) is 14.0 Å². The van der Waals surface area contributed by atoms with Gasteiger partial charge >= 0.3 is 5.97 Å². The predicted octanol–water partition coefficient (Wildman–Crippen LogP) is 1.40. The van der Waals surface area contributed by atoms with Gasteiger partial charge in [-0.05, 0) is 26.2 Å². The molecule has 0 unspecified atom stereocenters. The third kappa shape index (κ3) is 3.43. The van der Waals surface area contributed by atoms with Crippen LogP contribution in [0.25, 0.3) is 0 Å². The average molecular weight is 293 g/mol. The summed E-state index contributed by atoms with van der Waals surface area (Å²) < 4.78 is 6.74. The summed E-state index contributed by atoms with van der Waals surface area (Å²) in [6.45, 7) is 5.29. The highest BCUT2D eigenvalue weighted by Crippen LogP contribution is 2.21. The van der Waals surface area contributed by atoms with Crippen LogP contribution in [0.2, 0.25) is 0 Å². The Bertz CT molecular complexity index is 524. The van der Waals surface area contributed by atoms with Crippen molar-refractivity contribution >= 4 is 11.9 Å². The lowest BCUT2D eigenvalue weighted by molar-refractivity contribution is -0.149. The molecular formula is C15H23N3O3. The van der Waals surface area contributed by atoms with E-state index in [2.05, 4.69) is 5.10 Å². The monoisotopic (exact) mass is 293 g/mol. The molecule has 1 aliphatic heterocycles. The minimum atomic E-state index is -0.204. The van der Waals surface area contributed by atoms with Gasteiger partial charge in [-0.15, -0.1) is 0 Å². The highest BCUT2D eigenvalue weighted by Gasteiger charge is 2.31. The SMILES string of the molecule is CCOC(=O)[C@@H]1CCCN(C(=O)c2cn(C)nc2CC)C1. The normalized spacial score (nSPS) is 18.6. The first-order chi connectivity index (χ1) is 10.1. The second-order valence-corrected chi connectivity index (χ2v) is 5.36. The van der Waals surface area contributed by atoms with Crippen molar-refractivity contribution in [1.29, 1.82) is 0 Å². The topological polar surface area (TPSA) is 64.4 Å². The largest absolute Gasteiger partial charge is 0.466 e. The number of ether oxygens (including phenoxy) is 1. The minimum absolute atomic E-state index is 0.0334. The fraction of sp³-hybridized carbons (Fsp3) is 0.667. The van der Waals surface area contributed by atoms with Crippen molar-refractivity contribution in [2.75, 3.05) is 19.7 Å². The quantitative estimate of drug-likeness (QED) is 0.787. The van der Waals surface area contributed by atoms with Gasteiger partial charge in [-0.2, -0.15) is 5.10 Å². The fourth-order valence-electron chi connectivity index (χ4n) is 2.76. The van der Waals surface area contributed by atoms with E-state index in [0.717, 1.165) is 25.0 Å². The number of carbonyl (C=O) groups excluding carboxylic acids is 2. The van der Waals surface area contributed by atoms with Crippen molar-refractivity contribution in [2.45, 2.75) is 33.1 Å². The molecule has 0 N–H and O–H groups in total. The summed E-state index contributed by atoms with van der Waals surface area (Å²) in [5.41, 5.74) is 1.45. The number of nitrogens with zero attached hydrogens (tertiary/aromatic N) is 3. The standard InChI is InChI=1S/C15H23N3O3/c1-4-13-12(10-17(3)16-13)14(19)18-8-6-7-11(9-18)15(20)21-5-2/h10-11H,4-9H2,1-3H3/t11-/m1/s1. The van der Waals surface area contributed by atoms with Crippen molar-refractivity contribution in [3.05, 3.63) is 17.5 Å². The van der Waals surface area contributed by atoms with E-state index in [4.69, 9.17) is 4.74 Å². The van der Waals surface area contributed by atoms with Crippen LogP contribution in [0.1, 0.15) is 42.7 Å². The molecule has 1 aromatic heterocycles. The van der Waals surface area contributed by atoms with Crippen LogP contribution >= 0.6 is 0 Å². The Balaban J connectivity index is 2.10. The zero-order valence-corrected chi connectivity index (χ0v) is 13.0. The molecule has 6 heteroatoms. The molecule has 2 heterocycles. The molecule has 1 aliphatic rings. The summed E-state index contributed by atoms with van der Waals surface area (Å²) in [6, 6.07) is 0. The number of carbonyl (C=O) groups is 2. The minimum Gasteiger partial charge on any atom is -0.466 e. The van der Waals surface area contributed by atoms with Crippen molar-refractivity contribution in [1.82, 2.24) is 14.7 Å². The van der Waals surface area contributed by atoms with Gasteiger partial charge in [0.25, 0.3) is 5.91 Å². The molecule has 6 nitrogen and oxygen atoms in total. The molecule has 0 aliphatic carbocycles.